The highest BCUT2D eigenvalue weighted by atomic mass is 32.3. The topological polar surface area (TPSA) is 154 Å². The Labute approximate surface area is 222 Å². The average molecular weight is 617 g/mol. The summed E-state index contributed by atoms with van der Waals surface area (Å²) < 4.78 is 116. The number of carbonyl (C=O) groups is 2. The monoisotopic (exact) mass is 616 g/mol. The Morgan fingerprint density at radius 1 is 1.03 bits per heavy atom. The van der Waals surface area contributed by atoms with Gasteiger partial charge in [0.25, 0.3) is 0 Å². The van der Waals surface area contributed by atoms with Crippen LogP contribution in [-0.2, 0) is 42.7 Å². The number of aryl methyl sites for hydroxylation is 1. The van der Waals surface area contributed by atoms with Gasteiger partial charge in [-0.25, -0.2) is 31.0 Å². The summed E-state index contributed by atoms with van der Waals surface area (Å²) in [5, 5.41) is 5.52. The lowest BCUT2D eigenvalue weighted by Gasteiger charge is -2.22. The molecule has 0 saturated carbocycles. The fourth-order valence-corrected chi connectivity index (χ4v) is 4.35. The van der Waals surface area contributed by atoms with Gasteiger partial charge in [0.2, 0.25) is 5.69 Å². The summed E-state index contributed by atoms with van der Waals surface area (Å²) in [5.41, 5.74) is -11.4. The van der Waals surface area contributed by atoms with Crippen LogP contribution in [-0.4, -0.2) is 53.0 Å². The number of sulfonamides is 2. The van der Waals surface area contributed by atoms with E-state index in [9.17, 15) is 52.8 Å². The van der Waals surface area contributed by atoms with Crippen LogP contribution in [0.4, 0.5) is 31.1 Å². The number of hydrogen-bond donors (Lipinski definition) is 2. The van der Waals surface area contributed by atoms with Gasteiger partial charge in [-0.2, -0.15) is 26.3 Å². The molecule has 0 aliphatic rings. The van der Waals surface area contributed by atoms with Crippen LogP contribution in [0.5, 0.6) is 0 Å². The fourth-order valence-electron chi connectivity index (χ4n) is 2.64. The van der Waals surface area contributed by atoms with Gasteiger partial charge in [0.05, 0.1) is 7.11 Å². The third-order valence-electron chi connectivity index (χ3n) is 4.50. The Balaban J connectivity index is 0.000000830. The first-order chi connectivity index (χ1) is 17.7. The number of pyridine rings is 1. The Kier molecular flexibility index (Phi) is 14.2. The molecule has 0 bridgehead atoms. The minimum absolute atomic E-state index is 0.278. The summed E-state index contributed by atoms with van der Waals surface area (Å²) in [6.07, 6.45) is 4.76. The Morgan fingerprint density at radius 2 is 1.56 bits per heavy atom. The smallest absolute Gasteiger partial charge is 0.467 e. The number of carbonyl (C=O) groups excluding carboxylic acids is 2. The standard InChI is InChI=1S/C18H29N3O3.C2F6NO4S2/c1-5-6-10-21-11-8-7-9-15(21)13-19-18(23)20-16(12-14(2)3)17(22)24-4;3-1(4,5)14(10,11)9-15(12,13)2(6,7)8/h7-9,11,14,16H,5-6,10,12-13H2,1-4H3,(H-,19,20,23);/q;-1/p+1/t16-;/m0./s1. The summed E-state index contributed by atoms with van der Waals surface area (Å²) in [6, 6.07) is 4.93. The minimum atomic E-state index is -6.72. The van der Waals surface area contributed by atoms with E-state index >= 15 is 0 Å². The molecule has 0 aromatic carbocycles. The van der Waals surface area contributed by atoms with E-state index in [1.165, 1.54) is 7.11 Å². The van der Waals surface area contributed by atoms with Crippen LogP contribution in [0.1, 0.15) is 45.7 Å². The van der Waals surface area contributed by atoms with Crippen molar-refractivity contribution in [1.29, 1.82) is 0 Å². The molecule has 39 heavy (non-hydrogen) atoms. The van der Waals surface area contributed by atoms with Gasteiger partial charge in [-0.05, 0) is 12.3 Å². The highest BCUT2D eigenvalue weighted by Gasteiger charge is 2.46. The lowest BCUT2D eigenvalue weighted by molar-refractivity contribution is -0.704. The van der Waals surface area contributed by atoms with Crippen LogP contribution < -0.4 is 15.2 Å². The number of hydrogen-bond acceptors (Lipinski definition) is 7. The van der Waals surface area contributed by atoms with E-state index in [1.54, 1.807) is 0 Å². The number of nitrogens with one attached hydrogen (secondary N) is 2. The van der Waals surface area contributed by atoms with Crippen molar-refractivity contribution < 1.29 is 62.1 Å². The van der Waals surface area contributed by atoms with Crippen molar-refractivity contribution >= 4 is 32.0 Å². The summed E-state index contributed by atoms with van der Waals surface area (Å²) >= 11 is 0. The second kappa shape index (κ2) is 15.2. The number of methoxy groups -OCH3 is 1. The quantitative estimate of drug-likeness (QED) is 0.220. The van der Waals surface area contributed by atoms with Crippen LogP contribution in [0.15, 0.2) is 24.4 Å². The van der Waals surface area contributed by atoms with Crippen LogP contribution in [0.3, 0.4) is 0 Å². The Bertz CT molecular complexity index is 1120. The van der Waals surface area contributed by atoms with Gasteiger partial charge in [-0.3, -0.25) is 0 Å². The number of urea groups is 1. The van der Waals surface area contributed by atoms with E-state index in [4.69, 9.17) is 4.74 Å². The molecular weight excluding hydrogens is 586 g/mol. The Morgan fingerprint density at radius 3 is 2.00 bits per heavy atom. The molecule has 1 heterocycles. The molecule has 1 atom stereocenters. The van der Waals surface area contributed by atoms with Crippen LogP contribution in [0.25, 0.3) is 4.13 Å². The first-order valence-corrected chi connectivity index (χ1v) is 14.0. The molecule has 0 aliphatic carbocycles. The lowest BCUT2D eigenvalue weighted by atomic mass is 10.0. The number of halogens is 6. The molecule has 0 spiro atoms. The van der Waals surface area contributed by atoms with Crippen molar-refractivity contribution in [2.24, 2.45) is 5.92 Å². The maximum Gasteiger partial charge on any atom is 0.480 e. The number of amides is 2. The van der Waals surface area contributed by atoms with E-state index in [0.29, 0.717) is 13.0 Å². The number of esters is 1. The van der Waals surface area contributed by atoms with Crippen molar-refractivity contribution in [3.05, 3.63) is 34.2 Å². The van der Waals surface area contributed by atoms with Gasteiger partial charge in [-0.15, -0.1) is 0 Å². The van der Waals surface area contributed by atoms with Gasteiger partial charge in [0, 0.05) is 18.6 Å². The fraction of sp³-hybridized carbons (Fsp3) is 0.650. The number of rotatable bonds is 11. The molecule has 0 radical (unpaired) electrons. The first-order valence-electron chi connectivity index (χ1n) is 11.1. The normalized spacial score (nSPS) is 13.2. The molecule has 2 N–H and O–H groups in total. The number of ether oxygens (including phenoxy) is 1. The molecule has 1 aromatic rings. The molecule has 1 rings (SSSR count). The highest BCUT2D eigenvalue weighted by Crippen LogP contribution is 2.36. The predicted molar refractivity (Wildman–Crippen MR) is 125 cm³/mol. The molecular formula is C20H30F6N4O7S2. The van der Waals surface area contributed by atoms with Crippen molar-refractivity contribution in [3.63, 3.8) is 0 Å². The molecule has 226 valence electrons. The largest absolute Gasteiger partial charge is 0.480 e. The zero-order valence-electron chi connectivity index (χ0n) is 21.3. The molecule has 0 saturated heterocycles. The van der Waals surface area contributed by atoms with E-state index in [0.717, 1.165) is 29.2 Å². The van der Waals surface area contributed by atoms with E-state index in [-0.39, 0.29) is 11.9 Å². The molecule has 19 heteroatoms. The van der Waals surface area contributed by atoms with Crippen molar-refractivity contribution in [3.8, 4) is 0 Å². The van der Waals surface area contributed by atoms with Gasteiger partial charge in [0.15, 0.2) is 26.2 Å². The number of aromatic nitrogens is 1. The molecule has 2 amide bonds. The maximum absolute atomic E-state index is 12.1. The summed E-state index contributed by atoms with van der Waals surface area (Å²) in [6.45, 7) is 7.48. The molecule has 11 nitrogen and oxygen atoms in total. The molecule has 0 aliphatic heterocycles. The molecule has 1 aromatic heterocycles. The van der Waals surface area contributed by atoms with Crippen LogP contribution in [0, 0.1) is 5.92 Å². The summed E-state index contributed by atoms with van der Waals surface area (Å²) in [7, 11) is -12.1. The van der Waals surface area contributed by atoms with Crippen LogP contribution in [0.2, 0.25) is 0 Å². The Hall–Kier alpha value is -2.67. The van der Waals surface area contributed by atoms with Crippen molar-refractivity contribution in [1.82, 2.24) is 10.6 Å². The van der Waals surface area contributed by atoms with E-state index in [2.05, 4.69) is 22.1 Å². The van der Waals surface area contributed by atoms with Gasteiger partial charge >= 0.3 is 23.0 Å². The lowest BCUT2D eigenvalue weighted by Crippen LogP contribution is -2.48. The SMILES string of the molecule is CCCC[n+]1ccccc1CNC(=O)N[C@@H](CC(C)C)C(=O)OC.O=S(=O)([N-]S(=O)(=O)C(F)(F)F)C(F)(F)F. The number of unbranched alkanes of at least 4 members (excludes halogenated alkanes) is 1. The zero-order valence-corrected chi connectivity index (χ0v) is 23.0. The average Bonchev–Trinajstić information content (AvgIpc) is 2.79. The summed E-state index contributed by atoms with van der Waals surface area (Å²) in [5.74, 6) is -0.142. The van der Waals surface area contributed by atoms with Gasteiger partial charge in [-0.1, -0.05) is 33.3 Å². The highest BCUT2D eigenvalue weighted by molar-refractivity contribution is 8.13. The van der Waals surface area contributed by atoms with Crippen LogP contribution >= 0.6 is 0 Å². The van der Waals surface area contributed by atoms with Crippen molar-refractivity contribution in [2.45, 2.75) is 70.2 Å². The molecule has 0 fully saturated rings. The first kappa shape index (κ1) is 36.3. The second-order valence-electron chi connectivity index (χ2n) is 8.19. The van der Waals surface area contributed by atoms with Gasteiger partial charge in [0.1, 0.15) is 19.1 Å². The summed E-state index contributed by atoms with van der Waals surface area (Å²) in [4.78, 5) is 23.9. The second-order valence-corrected chi connectivity index (χ2v) is 11.6. The van der Waals surface area contributed by atoms with Crippen molar-refractivity contribution in [2.75, 3.05) is 7.11 Å². The minimum Gasteiger partial charge on any atom is -0.467 e. The third kappa shape index (κ3) is 12.8. The maximum atomic E-state index is 12.1. The third-order valence-corrected chi connectivity index (χ3v) is 7.24. The number of nitrogens with zero attached hydrogens (tertiary/aromatic N) is 2. The van der Waals surface area contributed by atoms with E-state index in [1.807, 2.05) is 38.2 Å². The number of alkyl halides is 6. The van der Waals surface area contributed by atoms with E-state index < -0.39 is 43.1 Å². The zero-order chi connectivity index (χ0) is 30.7. The van der Waals surface area contributed by atoms with Gasteiger partial charge < -0.3 is 19.5 Å². The predicted octanol–water partition coefficient (Wildman–Crippen LogP) is 3.22. The molecule has 0 unspecified atom stereocenters.